The zero-order valence-corrected chi connectivity index (χ0v) is 13.1. The molecule has 0 radical (unpaired) electrons. The van der Waals surface area contributed by atoms with Gasteiger partial charge >= 0.3 is 11.9 Å². The van der Waals surface area contributed by atoms with Crippen LogP contribution in [0.25, 0.3) is 0 Å². The van der Waals surface area contributed by atoms with Gasteiger partial charge in [0.2, 0.25) is 0 Å². The summed E-state index contributed by atoms with van der Waals surface area (Å²) in [4.78, 5) is 25.1. The molecule has 7 heteroatoms. The third-order valence-electron chi connectivity index (χ3n) is 3.34. The number of ether oxygens (including phenoxy) is 1. The highest BCUT2D eigenvalue weighted by Gasteiger charge is 2.48. The number of esters is 1. The lowest BCUT2D eigenvalue weighted by atomic mass is 9.91. The van der Waals surface area contributed by atoms with Crippen molar-refractivity contribution < 1.29 is 19.4 Å². The molecule has 1 aromatic rings. The Morgan fingerprint density at radius 2 is 2.19 bits per heavy atom. The van der Waals surface area contributed by atoms with Crippen LogP contribution in [0, 0.1) is 5.92 Å². The number of likely N-dealkylation sites (tertiary alicyclic amines) is 1. The van der Waals surface area contributed by atoms with E-state index in [1.165, 1.54) is 11.3 Å². The Morgan fingerprint density at radius 3 is 2.62 bits per heavy atom. The molecular formula is C14H20N2O4S. The van der Waals surface area contributed by atoms with Crippen LogP contribution in [-0.4, -0.2) is 40.3 Å². The van der Waals surface area contributed by atoms with Crippen LogP contribution >= 0.6 is 11.3 Å². The van der Waals surface area contributed by atoms with Gasteiger partial charge in [0.1, 0.15) is 11.6 Å². The van der Waals surface area contributed by atoms with Crippen LogP contribution in [-0.2, 0) is 14.3 Å². The van der Waals surface area contributed by atoms with E-state index in [0.717, 1.165) is 0 Å². The first-order chi connectivity index (χ1) is 9.70. The Labute approximate surface area is 127 Å². The third kappa shape index (κ3) is 3.42. The summed E-state index contributed by atoms with van der Waals surface area (Å²) in [7, 11) is 0. The minimum atomic E-state index is -0.966. The quantitative estimate of drug-likeness (QED) is 0.817. The summed E-state index contributed by atoms with van der Waals surface area (Å²) in [6, 6.07) is 0.946. The number of hydrogen-bond donors (Lipinski definition) is 2. The molecule has 3 atom stereocenters. The van der Waals surface area contributed by atoms with Crippen molar-refractivity contribution in [3.63, 3.8) is 0 Å². The SMILES string of the molecule is CC(C)(C)OC(=O)[C@@H]1CN([C@@H](C(=O)O)c2ccsc2)[C@H]1N. The molecule has 1 fully saturated rings. The average molecular weight is 312 g/mol. The van der Waals surface area contributed by atoms with Gasteiger partial charge in [-0.2, -0.15) is 11.3 Å². The van der Waals surface area contributed by atoms with Gasteiger partial charge in [-0.1, -0.05) is 0 Å². The van der Waals surface area contributed by atoms with Gasteiger partial charge in [-0.25, -0.2) is 0 Å². The van der Waals surface area contributed by atoms with E-state index in [-0.39, 0.29) is 5.97 Å². The van der Waals surface area contributed by atoms with E-state index in [1.54, 1.807) is 37.1 Å². The number of nitrogens with zero attached hydrogens (tertiary/aromatic N) is 1. The second kappa shape index (κ2) is 5.75. The van der Waals surface area contributed by atoms with Crippen molar-refractivity contribution in [2.75, 3.05) is 6.54 Å². The molecule has 0 spiro atoms. The normalized spacial score (nSPS) is 24.2. The summed E-state index contributed by atoms with van der Waals surface area (Å²) in [5.74, 6) is -1.82. The summed E-state index contributed by atoms with van der Waals surface area (Å²) in [5, 5.41) is 13.0. The molecule has 0 amide bonds. The second-order valence-electron chi connectivity index (χ2n) is 6.12. The number of carbonyl (C=O) groups is 2. The lowest BCUT2D eigenvalue weighted by molar-refractivity contribution is -0.176. The highest BCUT2D eigenvalue weighted by atomic mass is 32.1. The van der Waals surface area contributed by atoms with Gasteiger partial charge in [-0.15, -0.1) is 0 Å². The molecule has 0 bridgehead atoms. The first kappa shape index (κ1) is 15.9. The largest absolute Gasteiger partial charge is 0.480 e. The number of carboxylic acids is 1. The minimum Gasteiger partial charge on any atom is -0.480 e. The minimum absolute atomic E-state index is 0.295. The first-order valence-electron chi connectivity index (χ1n) is 6.70. The van der Waals surface area contributed by atoms with E-state index in [1.807, 2.05) is 5.38 Å². The monoisotopic (exact) mass is 312 g/mol. The summed E-state index contributed by atoms with van der Waals surface area (Å²) in [6.45, 7) is 5.66. The van der Waals surface area contributed by atoms with Gasteiger partial charge in [0.25, 0.3) is 0 Å². The fraction of sp³-hybridized carbons (Fsp3) is 0.571. The number of carboxylic acid groups (broad SMARTS) is 1. The second-order valence-corrected chi connectivity index (χ2v) is 6.90. The predicted molar refractivity (Wildman–Crippen MR) is 78.7 cm³/mol. The molecule has 0 unspecified atom stereocenters. The topological polar surface area (TPSA) is 92.9 Å². The molecule has 2 heterocycles. The third-order valence-corrected chi connectivity index (χ3v) is 4.04. The molecule has 21 heavy (non-hydrogen) atoms. The van der Waals surface area contributed by atoms with E-state index in [9.17, 15) is 14.7 Å². The van der Waals surface area contributed by atoms with Gasteiger partial charge in [0.05, 0.1) is 12.1 Å². The molecule has 0 saturated carbocycles. The van der Waals surface area contributed by atoms with Crippen LogP contribution in [0.15, 0.2) is 16.8 Å². The van der Waals surface area contributed by atoms with Crippen molar-refractivity contribution in [1.82, 2.24) is 4.90 Å². The molecule has 0 aliphatic carbocycles. The van der Waals surface area contributed by atoms with Gasteiger partial charge in [-0.3, -0.25) is 14.5 Å². The van der Waals surface area contributed by atoms with Crippen LogP contribution < -0.4 is 5.73 Å². The van der Waals surface area contributed by atoms with Gasteiger partial charge in [0, 0.05) is 6.54 Å². The van der Waals surface area contributed by atoms with Crippen molar-refractivity contribution in [3.05, 3.63) is 22.4 Å². The Kier molecular flexibility index (Phi) is 4.36. The fourth-order valence-electron chi connectivity index (χ4n) is 2.33. The van der Waals surface area contributed by atoms with Crippen LogP contribution in [0.3, 0.4) is 0 Å². The highest BCUT2D eigenvalue weighted by molar-refractivity contribution is 7.08. The van der Waals surface area contributed by atoms with Crippen LogP contribution in [0.2, 0.25) is 0 Å². The van der Waals surface area contributed by atoms with Crippen LogP contribution in [0.1, 0.15) is 32.4 Å². The molecule has 6 nitrogen and oxygen atoms in total. The molecule has 116 valence electrons. The van der Waals surface area contributed by atoms with E-state index >= 15 is 0 Å². The van der Waals surface area contributed by atoms with E-state index in [2.05, 4.69) is 0 Å². The Hall–Kier alpha value is -1.44. The molecule has 2 rings (SSSR count). The fourth-order valence-corrected chi connectivity index (χ4v) is 3.00. The summed E-state index contributed by atoms with van der Waals surface area (Å²) >= 11 is 1.43. The van der Waals surface area contributed by atoms with Crippen LogP contribution in [0.5, 0.6) is 0 Å². The molecular weight excluding hydrogens is 292 g/mol. The zero-order valence-electron chi connectivity index (χ0n) is 12.3. The number of thiophene rings is 1. The number of aliphatic carboxylic acids is 1. The molecule has 1 saturated heterocycles. The Bertz CT molecular complexity index is 524. The first-order valence-corrected chi connectivity index (χ1v) is 7.64. The molecule has 1 aliphatic heterocycles. The lowest BCUT2D eigenvalue weighted by Crippen LogP contribution is -2.66. The smallest absolute Gasteiger partial charge is 0.325 e. The van der Waals surface area contributed by atoms with Gasteiger partial charge < -0.3 is 15.6 Å². The number of nitrogens with two attached hydrogens (primary N) is 1. The number of rotatable bonds is 4. The molecule has 0 aromatic carbocycles. The maximum atomic E-state index is 12.0. The van der Waals surface area contributed by atoms with E-state index in [4.69, 9.17) is 10.5 Å². The molecule has 1 aliphatic rings. The van der Waals surface area contributed by atoms with Crippen molar-refractivity contribution in [3.8, 4) is 0 Å². The lowest BCUT2D eigenvalue weighted by Gasteiger charge is -2.47. The van der Waals surface area contributed by atoms with Crippen molar-refractivity contribution >= 4 is 23.3 Å². The summed E-state index contributed by atoms with van der Waals surface area (Å²) in [6.07, 6.45) is -0.638. The van der Waals surface area contributed by atoms with Gasteiger partial charge in [0.15, 0.2) is 0 Å². The Balaban J connectivity index is 2.05. The highest BCUT2D eigenvalue weighted by Crippen LogP contribution is 2.34. The Morgan fingerprint density at radius 1 is 1.52 bits per heavy atom. The maximum Gasteiger partial charge on any atom is 0.325 e. The van der Waals surface area contributed by atoms with Crippen LogP contribution in [0.4, 0.5) is 0 Å². The van der Waals surface area contributed by atoms with Gasteiger partial charge in [-0.05, 0) is 43.2 Å². The van der Waals surface area contributed by atoms with E-state index < -0.39 is 29.7 Å². The van der Waals surface area contributed by atoms with Crippen molar-refractivity contribution in [1.29, 1.82) is 0 Å². The van der Waals surface area contributed by atoms with E-state index in [0.29, 0.717) is 12.1 Å². The predicted octanol–water partition coefficient (Wildman–Crippen LogP) is 1.43. The zero-order chi connectivity index (χ0) is 15.8. The average Bonchev–Trinajstić information content (AvgIpc) is 2.83. The maximum absolute atomic E-state index is 12.0. The van der Waals surface area contributed by atoms with Crippen molar-refractivity contribution in [2.24, 2.45) is 11.7 Å². The molecule has 3 N–H and O–H groups in total. The number of hydrogen-bond acceptors (Lipinski definition) is 6. The summed E-state index contributed by atoms with van der Waals surface area (Å²) in [5.41, 5.74) is 6.11. The summed E-state index contributed by atoms with van der Waals surface area (Å²) < 4.78 is 5.30. The van der Waals surface area contributed by atoms with Crippen molar-refractivity contribution in [2.45, 2.75) is 38.6 Å². The number of carbonyl (C=O) groups excluding carboxylic acids is 1. The molecule has 1 aromatic heterocycles. The standard InChI is InChI=1S/C14H20N2O4S/c1-14(2,3)20-13(19)9-6-16(11(9)15)10(12(17)18)8-4-5-21-7-8/h4-5,7,9-11H,6,15H2,1-3H3,(H,17,18)/t9-,10-,11-/m1/s1.